The number of amides is 1. The average Bonchev–Trinajstić information content (AvgIpc) is 2.29. The first-order chi connectivity index (χ1) is 8.09. The molecule has 2 heterocycles. The summed E-state index contributed by atoms with van der Waals surface area (Å²) in [7, 11) is 0. The predicted octanol–water partition coefficient (Wildman–Crippen LogP) is 0.287. The Morgan fingerprint density at radius 3 is 3.00 bits per heavy atom. The van der Waals surface area contributed by atoms with Crippen LogP contribution in [0.4, 0.5) is 5.82 Å². The second-order valence-corrected chi connectivity index (χ2v) is 4.43. The Hall–Kier alpha value is -1.62. The van der Waals surface area contributed by atoms with E-state index in [1.165, 1.54) is 0 Å². The molecule has 1 aliphatic heterocycles. The van der Waals surface area contributed by atoms with Crippen LogP contribution in [0.15, 0.2) is 12.1 Å². The molecule has 2 rings (SSSR count). The van der Waals surface area contributed by atoms with Crippen molar-refractivity contribution in [2.45, 2.75) is 19.9 Å². The fourth-order valence-corrected chi connectivity index (χ4v) is 2.11. The first-order valence-corrected chi connectivity index (χ1v) is 5.84. The van der Waals surface area contributed by atoms with Crippen molar-refractivity contribution in [1.29, 1.82) is 0 Å². The lowest BCUT2D eigenvalue weighted by atomic mass is 10.1. The standard InChI is InChI=1S/C12H18N4O/c1-8-3-4-10(11(13)17)12(15-8)16-6-5-14-7-9(16)2/h3-4,9,14H,5-7H2,1-2H3,(H2,13,17). The molecule has 17 heavy (non-hydrogen) atoms. The lowest BCUT2D eigenvalue weighted by Gasteiger charge is -2.35. The molecule has 92 valence electrons. The van der Waals surface area contributed by atoms with Gasteiger partial charge in [-0.15, -0.1) is 0 Å². The van der Waals surface area contributed by atoms with E-state index in [4.69, 9.17) is 5.73 Å². The molecule has 1 aromatic rings. The maximum atomic E-state index is 11.4. The number of hydrogen-bond donors (Lipinski definition) is 2. The van der Waals surface area contributed by atoms with E-state index in [1.54, 1.807) is 6.07 Å². The number of aromatic nitrogens is 1. The third-order valence-electron chi connectivity index (χ3n) is 3.05. The predicted molar refractivity (Wildman–Crippen MR) is 67.2 cm³/mol. The fourth-order valence-electron chi connectivity index (χ4n) is 2.11. The average molecular weight is 234 g/mol. The summed E-state index contributed by atoms with van der Waals surface area (Å²) in [6, 6.07) is 3.89. The van der Waals surface area contributed by atoms with E-state index in [9.17, 15) is 4.79 Å². The van der Waals surface area contributed by atoms with E-state index in [-0.39, 0.29) is 0 Å². The van der Waals surface area contributed by atoms with Gasteiger partial charge >= 0.3 is 0 Å². The lowest BCUT2D eigenvalue weighted by Crippen LogP contribution is -2.50. The molecule has 1 aliphatic rings. The van der Waals surface area contributed by atoms with Crippen molar-refractivity contribution in [3.8, 4) is 0 Å². The Balaban J connectivity index is 2.41. The van der Waals surface area contributed by atoms with Crippen LogP contribution in [0, 0.1) is 6.92 Å². The number of pyridine rings is 1. The van der Waals surface area contributed by atoms with Crippen LogP contribution < -0.4 is 16.0 Å². The molecule has 5 nitrogen and oxygen atoms in total. The zero-order valence-corrected chi connectivity index (χ0v) is 10.2. The number of carbonyl (C=O) groups is 1. The van der Waals surface area contributed by atoms with Crippen LogP contribution >= 0.6 is 0 Å². The number of primary amides is 1. The molecule has 0 spiro atoms. The van der Waals surface area contributed by atoms with Gasteiger partial charge in [0, 0.05) is 31.4 Å². The topological polar surface area (TPSA) is 71.2 Å². The molecule has 1 amide bonds. The Morgan fingerprint density at radius 2 is 2.35 bits per heavy atom. The number of nitrogens with zero attached hydrogens (tertiary/aromatic N) is 2. The maximum Gasteiger partial charge on any atom is 0.252 e. The van der Waals surface area contributed by atoms with Crippen molar-refractivity contribution < 1.29 is 4.79 Å². The van der Waals surface area contributed by atoms with E-state index in [0.29, 0.717) is 17.4 Å². The van der Waals surface area contributed by atoms with Gasteiger partial charge in [0.2, 0.25) is 0 Å². The van der Waals surface area contributed by atoms with Crippen molar-refractivity contribution >= 4 is 11.7 Å². The van der Waals surface area contributed by atoms with E-state index >= 15 is 0 Å². The first-order valence-electron chi connectivity index (χ1n) is 5.84. The molecule has 3 N–H and O–H groups in total. The van der Waals surface area contributed by atoms with Crippen molar-refractivity contribution in [2.75, 3.05) is 24.5 Å². The summed E-state index contributed by atoms with van der Waals surface area (Å²) >= 11 is 0. The van der Waals surface area contributed by atoms with Gasteiger partial charge in [0.15, 0.2) is 0 Å². The molecule has 1 fully saturated rings. The van der Waals surface area contributed by atoms with E-state index < -0.39 is 5.91 Å². The summed E-state index contributed by atoms with van der Waals surface area (Å²) in [6.45, 7) is 6.67. The number of nitrogens with two attached hydrogens (primary N) is 1. The number of hydrogen-bond acceptors (Lipinski definition) is 4. The molecule has 0 aromatic carbocycles. The van der Waals surface area contributed by atoms with Crippen LogP contribution in [-0.4, -0.2) is 36.6 Å². The van der Waals surface area contributed by atoms with Crippen LogP contribution in [0.1, 0.15) is 23.0 Å². The van der Waals surface area contributed by atoms with Crippen LogP contribution in [0.25, 0.3) is 0 Å². The number of aryl methyl sites for hydroxylation is 1. The molecule has 1 aromatic heterocycles. The second-order valence-electron chi connectivity index (χ2n) is 4.43. The van der Waals surface area contributed by atoms with Crippen LogP contribution in [0.2, 0.25) is 0 Å². The monoisotopic (exact) mass is 234 g/mol. The number of piperazine rings is 1. The van der Waals surface area contributed by atoms with Gasteiger partial charge < -0.3 is 16.0 Å². The first kappa shape index (κ1) is 11.9. The highest BCUT2D eigenvalue weighted by Gasteiger charge is 2.23. The summed E-state index contributed by atoms with van der Waals surface area (Å²) in [5.41, 5.74) is 6.80. The summed E-state index contributed by atoms with van der Waals surface area (Å²) in [5, 5.41) is 3.31. The highest BCUT2D eigenvalue weighted by molar-refractivity contribution is 5.97. The van der Waals surface area contributed by atoms with E-state index in [1.807, 2.05) is 13.0 Å². The second kappa shape index (κ2) is 4.71. The van der Waals surface area contributed by atoms with Crippen molar-refractivity contribution in [3.05, 3.63) is 23.4 Å². The SMILES string of the molecule is Cc1ccc(C(N)=O)c(N2CCNCC2C)n1. The minimum atomic E-state index is -0.418. The zero-order chi connectivity index (χ0) is 12.4. The minimum Gasteiger partial charge on any atom is -0.365 e. The number of carbonyl (C=O) groups excluding carboxylic acids is 1. The number of rotatable bonds is 2. The molecule has 0 radical (unpaired) electrons. The molecule has 0 aliphatic carbocycles. The number of anilines is 1. The van der Waals surface area contributed by atoms with E-state index in [2.05, 4.69) is 22.1 Å². The van der Waals surface area contributed by atoms with Gasteiger partial charge in [0.05, 0.1) is 5.56 Å². The lowest BCUT2D eigenvalue weighted by molar-refractivity contribution is 0.100. The van der Waals surface area contributed by atoms with Crippen molar-refractivity contribution in [2.24, 2.45) is 5.73 Å². The fraction of sp³-hybridized carbons (Fsp3) is 0.500. The molecule has 1 unspecified atom stereocenters. The summed E-state index contributed by atoms with van der Waals surface area (Å²) in [4.78, 5) is 18.0. The molecule has 5 heteroatoms. The highest BCUT2D eigenvalue weighted by atomic mass is 16.1. The largest absolute Gasteiger partial charge is 0.365 e. The molecule has 0 bridgehead atoms. The zero-order valence-electron chi connectivity index (χ0n) is 10.2. The van der Waals surface area contributed by atoms with Gasteiger partial charge in [-0.3, -0.25) is 4.79 Å². The molecule has 1 saturated heterocycles. The Bertz CT molecular complexity index is 433. The molecule has 1 atom stereocenters. The Kier molecular flexibility index (Phi) is 3.28. The highest BCUT2D eigenvalue weighted by Crippen LogP contribution is 2.21. The van der Waals surface area contributed by atoms with Crippen molar-refractivity contribution in [1.82, 2.24) is 10.3 Å². The van der Waals surface area contributed by atoms with Crippen LogP contribution in [0.3, 0.4) is 0 Å². The van der Waals surface area contributed by atoms with Crippen molar-refractivity contribution in [3.63, 3.8) is 0 Å². The third-order valence-corrected chi connectivity index (χ3v) is 3.05. The van der Waals surface area contributed by atoms with Gasteiger partial charge in [-0.2, -0.15) is 0 Å². The van der Waals surface area contributed by atoms with Gasteiger partial charge in [-0.05, 0) is 26.0 Å². The van der Waals surface area contributed by atoms with Crippen LogP contribution in [-0.2, 0) is 0 Å². The van der Waals surface area contributed by atoms with E-state index in [0.717, 1.165) is 25.3 Å². The third kappa shape index (κ3) is 2.39. The molecular weight excluding hydrogens is 216 g/mol. The number of nitrogens with one attached hydrogen (secondary N) is 1. The molecular formula is C12H18N4O. The Morgan fingerprint density at radius 1 is 1.59 bits per heavy atom. The van der Waals surface area contributed by atoms with Gasteiger partial charge in [-0.25, -0.2) is 4.98 Å². The summed E-state index contributed by atoms with van der Waals surface area (Å²) in [5.74, 6) is 0.296. The maximum absolute atomic E-state index is 11.4. The molecule has 0 saturated carbocycles. The van der Waals surface area contributed by atoms with Gasteiger partial charge in [0.25, 0.3) is 5.91 Å². The minimum absolute atomic E-state index is 0.316. The Labute approximate surface area is 101 Å². The summed E-state index contributed by atoms with van der Waals surface area (Å²) in [6.07, 6.45) is 0. The van der Waals surface area contributed by atoms with Gasteiger partial charge in [0.1, 0.15) is 5.82 Å². The quantitative estimate of drug-likeness (QED) is 0.771. The normalized spacial score (nSPS) is 20.4. The smallest absolute Gasteiger partial charge is 0.252 e. The van der Waals surface area contributed by atoms with Gasteiger partial charge in [-0.1, -0.05) is 0 Å². The summed E-state index contributed by atoms with van der Waals surface area (Å²) < 4.78 is 0. The van der Waals surface area contributed by atoms with Crippen LogP contribution in [0.5, 0.6) is 0 Å².